The Morgan fingerprint density at radius 1 is 1.50 bits per heavy atom. The third kappa shape index (κ3) is 1.55. The Morgan fingerprint density at radius 2 is 2.17 bits per heavy atom. The van der Waals surface area contributed by atoms with Crippen molar-refractivity contribution >= 4 is 11.8 Å². The molecule has 1 unspecified atom stereocenters. The Kier molecular flexibility index (Phi) is 2.97. The average molecular weight is 250 g/mol. The summed E-state index contributed by atoms with van der Waals surface area (Å²) < 4.78 is 13.6. The van der Waals surface area contributed by atoms with Crippen LogP contribution in [0.25, 0.3) is 0 Å². The molecule has 1 aromatic rings. The molecule has 0 aromatic heterocycles. The summed E-state index contributed by atoms with van der Waals surface area (Å²) in [6.45, 7) is 3.18. The summed E-state index contributed by atoms with van der Waals surface area (Å²) in [5, 5.41) is 9.55. The first-order valence-corrected chi connectivity index (χ1v) is 5.93. The van der Waals surface area contributed by atoms with Crippen LogP contribution in [-0.2, 0) is 15.0 Å². The van der Waals surface area contributed by atoms with Crippen molar-refractivity contribution in [2.24, 2.45) is 5.92 Å². The van der Waals surface area contributed by atoms with Gasteiger partial charge >= 0.3 is 5.97 Å². The van der Waals surface area contributed by atoms with Crippen LogP contribution in [0.15, 0.2) is 18.2 Å². The highest BCUT2D eigenvalue weighted by molar-refractivity contribution is 5.96. The maximum Gasteiger partial charge on any atom is 0.314 e. The van der Waals surface area contributed by atoms with Gasteiger partial charge in [0.15, 0.2) is 0 Å². The van der Waals surface area contributed by atoms with E-state index >= 15 is 0 Å². The van der Waals surface area contributed by atoms with Crippen molar-refractivity contribution in [2.45, 2.75) is 32.1 Å². The molecule has 1 aliphatic carbocycles. The van der Waals surface area contributed by atoms with E-state index in [9.17, 15) is 19.1 Å². The Labute approximate surface area is 105 Å². The maximum atomic E-state index is 13.6. The van der Waals surface area contributed by atoms with E-state index in [1.54, 1.807) is 19.9 Å². The lowest BCUT2D eigenvalue weighted by atomic mass is 9.71. The summed E-state index contributed by atoms with van der Waals surface area (Å²) in [6.07, 6.45) is 0.482. The number of ketones is 1. The van der Waals surface area contributed by atoms with E-state index in [1.807, 2.05) is 0 Å². The van der Waals surface area contributed by atoms with Crippen LogP contribution >= 0.6 is 0 Å². The number of carbonyl (C=O) groups excluding carboxylic acids is 1. The molecule has 18 heavy (non-hydrogen) atoms. The van der Waals surface area contributed by atoms with Crippen LogP contribution in [-0.4, -0.2) is 16.9 Å². The SMILES string of the molecule is Cc1c(F)cccc1[C@@]1(C(=O)O)CCC(=O)C1C. The molecule has 0 saturated heterocycles. The molecule has 96 valence electrons. The second-order valence-corrected chi connectivity index (χ2v) is 4.88. The molecule has 0 heterocycles. The fourth-order valence-electron chi connectivity index (χ4n) is 2.89. The number of halogens is 1. The van der Waals surface area contributed by atoms with Gasteiger partial charge in [0.1, 0.15) is 17.0 Å². The maximum absolute atomic E-state index is 13.6. The molecule has 0 bridgehead atoms. The van der Waals surface area contributed by atoms with Crippen LogP contribution in [0.1, 0.15) is 30.9 Å². The van der Waals surface area contributed by atoms with Crippen LogP contribution in [0.2, 0.25) is 0 Å². The van der Waals surface area contributed by atoms with E-state index in [2.05, 4.69) is 0 Å². The predicted molar refractivity (Wildman–Crippen MR) is 63.9 cm³/mol. The zero-order valence-corrected chi connectivity index (χ0v) is 10.4. The van der Waals surface area contributed by atoms with Crippen molar-refractivity contribution in [1.29, 1.82) is 0 Å². The summed E-state index contributed by atoms with van der Waals surface area (Å²) in [5.74, 6) is -2.16. The van der Waals surface area contributed by atoms with E-state index in [1.165, 1.54) is 12.1 Å². The fourth-order valence-corrected chi connectivity index (χ4v) is 2.89. The highest BCUT2D eigenvalue weighted by atomic mass is 19.1. The van der Waals surface area contributed by atoms with Gasteiger partial charge in [0.05, 0.1) is 0 Å². The van der Waals surface area contributed by atoms with Gasteiger partial charge in [0, 0.05) is 12.3 Å². The minimum absolute atomic E-state index is 0.0685. The highest BCUT2D eigenvalue weighted by Crippen LogP contribution is 2.45. The van der Waals surface area contributed by atoms with E-state index in [0.717, 1.165) is 0 Å². The molecule has 1 aromatic carbocycles. The van der Waals surface area contributed by atoms with Crippen molar-refractivity contribution in [3.8, 4) is 0 Å². The van der Waals surface area contributed by atoms with E-state index in [-0.39, 0.29) is 18.6 Å². The van der Waals surface area contributed by atoms with Crippen molar-refractivity contribution in [1.82, 2.24) is 0 Å². The normalized spacial score (nSPS) is 27.5. The molecule has 3 nitrogen and oxygen atoms in total. The Bertz CT molecular complexity index is 524. The summed E-state index contributed by atoms with van der Waals surface area (Å²) >= 11 is 0. The van der Waals surface area contributed by atoms with E-state index in [4.69, 9.17) is 0 Å². The molecule has 1 fully saturated rings. The van der Waals surface area contributed by atoms with Crippen molar-refractivity contribution < 1.29 is 19.1 Å². The number of rotatable bonds is 2. The number of carboxylic acid groups (broad SMARTS) is 1. The lowest BCUT2D eigenvalue weighted by molar-refractivity contribution is -0.146. The fraction of sp³-hybridized carbons (Fsp3) is 0.429. The van der Waals surface area contributed by atoms with Crippen LogP contribution in [0.5, 0.6) is 0 Å². The second kappa shape index (κ2) is 4.19. The number of aliphatic carboxylic acids is 1. The van der Waals surface area contributed by atoms with Gasteiger partial charge in [-0.3, -0.25) is 9.59 Å². The van der Waals surface area contributed by atoms with Gasteiger partial charge in [-0.1, -0.05) is 19.1 Å². The first-order chi connectivity index (χ1) is 8.41. The number of carbonyl (C=O) groups is 2. The van der Waals surface area contributed by atoms with Crippen LogP contribution in [0.3, 0.4) is 0 Å². The molecule has 0 aliphatic heterocycles. The molecule has 1 saturated carbocycles. The molecular weight excluding hydrogens is 235 g/mol. The minimum atomic E-state index is -1.27. The zero-order valence-electron chi connectivity index (χ0n) is 10.4. The molecule has 0 spiro atoms. The quantitative estimate of drug-likeness (QED) is 0.877. The van der Waals surface area contributed by atoms with Crippen LogP contribution in [0, 0.1) is 18.7 Å². The molecule has 2 atom stereocenters. The van der Waals surface area contributed by atoms with Crippen LogP contribution < -0.4 is 0 Å². The van der Waals surface area contributed by atoms with Crippen molar-refractivity contribution in [2.75, 3.05) is 0 Å². The standard InChI is InChI=1S/C14H15FO3/c1-8-10(4-3-5-11(8)15)14(13(17)18)7-6-12(16)9(14)2/h3-5,9H,6-7H2,1-2H3,(H,17,18)/t9?,14-/m1/s1. The molecule has 4 heteroatoms. The first kappa shape index (κ1) is 12.7. The van der Waals surface area contributed by atoms with Gasteiger partial charge in [-0.2, -0.15) is 0 Å². The number of carboxylic acids is 1. The number of hydrogen-bond donors (Lipinski definition) is 1. The Hall–Kier alpha value is -1.71. The molecular formula is C14H15FO3. The third-order valence-corrected chi connectivity index (χ3v) is 4.12. The van der Waals surface area contributed by atoms with Crippen molar-refractivity contribution in [3.63, 3.8) is 0 Å². The average Bonchev–Trinajstić information content (AvgIpc) is 2.61. The third-order valence-electron chi connectivity index (χ3n) is 4.12. The largest absolute Gasteiger partial charge is 0.481 e. The molecule has 0 radical (unpaired) electrons. The van der Waals surface area contributed by atoms with E-state index in [0.29, 0.717) is 11.1 Å². The monoisotopic (exact) mass is 250 g/mol. The smallest absolute Gasteiger partial charge is 0.314 e. The van der Waals surface area contributed by atoms with E-state index < -0.39 is 23.1 Å². The van der Waals surface area contributed by atoms with Gasteiger partial charge in [0.2, 0.25) is 0 Å². The summed E-state index contributed by atoms with van der Waals surface area (Å²) in [7, 11) is 0. The highest BCUT2D eigenvalue weighted by Gasteiger charge is 2.53. The first-order valence-electron chi connectivity index (χ1n) is 5.93. The van der Waals surface area contributed by atoms with Crippen molar-refractivity contribution in [3.05, 3.63) is 35.1 Å². The molecule has 0 amide bonds. The van der Waals surface area contributed by atoms with Gasteiger partial charge in [-0.05, 0) is 30.5 Å². The molecule has 1 N–H and O–H groups in total. The Morgan fingerprint density at radius 3 is 2.67 bits per heavy atom. The lowest BCUT2D eigenvalue weighted by Crippen LogP contribution is -2.40. The zero-order chi connectivity index (χ0) is 13.5. The Balaban J connectivity index is 2.66. The van der Waals surface area contributed by atoms with Crippen LogP contribution in [0.4, 0.5) is 4.39 Å². The number of Topliss-reactive ketones (excluding diaryl/α,β-unsaturated/α-hetero) is 1. The van der Waals surface area contributed by atoms with Gasteiger partial charge in [-0.15, -0.1) is 0 Å². The number of hydrogen-bond acceptors (Lipinski definition) is 2. The predicted octanol–water partition coefficient (Wildman–Crippen LogP) is 2.46. The number of benzene rings is 1. The summed E-state index contributed by atoms with van der Waals surface area (Å²) in [4.78, 5) is 23.4. The van der Waals surface area contributed by atoms with Gasteiger partial charge in [-0.25, -0.2) is 4.39 Å². The summed E-state index contributed by atoms with van der Waals surface area (Å²) in [6, 6.07) is 4.41. The van der Waals surface area contributed by atoms with Gasteiger partial charge < -0.3 is 5.11 Å². The second-order valence-electron chi connectivity index (χ2n) is 4.88. The lowest BCUT2D eigenvalue weighted by Gasteiger charge is -2.30. The topological polar surface area (TPSA) is 54.4 Å². The molecule has 2 rings (SSSR count). The molecule has 1 aliphatic rings. The summed E-state index contributed by atoms with van der Waals surface area (Å²) in [5.41, 5.74) is -0.529. The van der Waals surface area contributed by atoms with Gasteiger partial charge in [0.25, 0.3) is 0 Å². The minimum Gasteiger partial charge on any atom is -0.481 e.